The van der Waals surface area contributed by atoms with E-state index in [2.05, 4.69) is 19.2 Å². The molecule has 3 saturated carbocycles. The van der Waals surface area contributed by atoms with Crippen molar-refractivity contribution in [3.63, 3.8) is 0 Å². The van der Waals surface area contributed by atoms with E-state index in [0.29, 0.717) is 18.4 Å². The number of hydrogen-bond donors (Lipinski definition) is 2. The summed E-state index contributed by atoms with van der Waals surface area (Å²) in [5.74, 6) is 4.30. The van der Waals surface area contributed by atoms with Crippen molar-refractivity contribution >= 4 is 5.91 Å². The van der Waals surface area contributed by atoms with E-state index in [9.17, 15) is 4.79 Å². The van der Waals surface area contributed by atoms with Gasteiger partial charge in [-0.2, -0.15) is 0 Å². The number of hydrogen-bond acceptors (Lipinski definition) is 2. The van der Waals surface area contributed by atoms with Crippen LogP contribution in [0.5, 0.6) is 0 Å². The summed E-state index contributed by atoms with van der Waals surface area (Å²) in [6.45, 7) is 4.84. The first-order valence-corrected chi connectivity index (χ1v) is 7.13. The summed E-state index contributed by atoms with van der Waals surface area (Å²) in [6, 6.07) is 0.0919. The van der Waals surface area contributed by atoms with Gasteiger partial charge in [-0.15, -0.1) is 0 Å². The monoisotopic (exact) mass is 236 g/mol. The van der Waals surface area contributed by atoms with Gasteiger partial charge >= 0.3 is 0 Å². The zero-order valence-corrected chi connectivity index (χ0v) is 10.9. The van der Waals surface area contributed by atoms with Gasteiger partial charge in [0.15, 0.2) is 0 Å². The predicted octanol–water partition coefficient (Wildman–Crippen LogP) is 1.38. The molecule has 3 aliphatic carbocycles. The Morgan fingerprint density at radius 2 is 1.88 bits per heavy atom. The molecule has 2 bridgehead atoms. The Labute approximate surface area is 104 Å². The van der Waals surface area contributed by atoms with Gasteiger partial charge in [0, 0.05) is 18.5 Å². The summed E-state index contributed by atoms with van der Waals surface area (Å²) >= 11 is 0. The molecule has 0 saturated heterocycles. The predicted molar refractivity (Wildman–Crippen MR) is 67.1 cm³/mol. The van der Waals surface area contributed by atoms with Gasteiger partial charge in [0.1, 0.15) is 0 Å². The summed E-state index contributed by atoms with van der Waals surface area (Å²) in [7, 11) is 0. The molecule has 96 valence electrons. The first-order chi connectivity index (χ1) is 8.09. The van der Waals surface area contributed by atoms with E-state index in [0.717, 1.165) is 23.7 Å². The highest BCUT2D eigenvalue weighted by Crippen LogP contribution is 2.69. The second-order valence-corrected chi connectivity index (χ2v) is 6.67. The van der Waals surface area contributed by atoms with Crippen LogP contribution in [0, 0.1) is 35.5 Å². The molecule has 17 heavy (non-hydrogen) atoms. The Hall–Kier alpha value is -0.570. The molecule has 5 atom stereocenters. The maximum absolute atomic E-state index is 12.1. The van der Waals surface area contributed by atoms with E-state index >= 15 is 0 Å². The van der Waals surface area contributed by atoms with Crippen molar-refractivity contribution in [2.24, 2.45) is 41.2 Å². The molecule has 1 amide bonds. The molecule has 0 spiro atoms. The fourth-order valence-electron chi connectivity index (χ4n) is 4.25. The average Bonchev–Trinajstić information content (AvgIpc) is 2.74. The lowest BCUT2D eigenvalue weighted by molar-refractivity contribution is -0.123. The Bertz CT molecular complexity index is 312. The van der Waals surface area contributed by atoms with Gasteiger partial charge in [-0.05, 0) is 48.9 Å². The highest BCUT2D eigenvalue weighted by atomic mass is 16.2. The van der Waals surface area contributed by atoms with Crippen molar-refractivity contribution < 1.29 is 4.79 Å². The van der Waals surface area contributed by atoms with Gasteiger partial charge in [0.25, 0.3) is 0 Å². The van der Waals surface area contributed by atoms with Crippen LogP contribution in [0.4, 0.5) is 0 Å². The van der Waals surface area contributed by atoms with E-state index in [1.54, 1.807) is 0 Å². The van der Waals surface area contributed by atoms with Crippen LogP contribution in [0.3, 0.4) is 0 Å². The van der Waals surface area contributed by atoms with Crippen LogP contribution < -0.4 is 11.1 Å². The molecule has 0 radical (unpaired) electrons. The largest absolute Gasteiger partial charge is 0.354 e. The standard InChI is InChI=1S/C14H24N2O/c1-7(2)10(15)6-16-14(17)13-11-8-3-4-9(5-8)12(11)13/h7-13H,3-6,15H2,1-2H3,(H,16,17). The third-order valence-corrected chi connectivity index (χ3v) is 5.41. The molecule has 0 aromatic carbocycles. The van der Waals surface area contributed by atoms with Gasteiger partial charge in [0.05, 0.1) is 0 Å². The minimum atomic E-state index is 0.0919. The Morgan fingerprint density at radius 3 is 2.41 bits per heavy atom. The van der Waals surface area contributed by atoms with Crippen LogP contribution in [-0.4, -0.2) is 18.5 Å². The quantitative estimate of drug-likeness (QED) is 0.775. The molecule has 0 aromatic heterocycles. The lowest BCUT2D eigenvalue weighted by atomic mass is 10.0. The SMILES string of the molecule is CC(C)C(N)CNC(=O)C1C2C3CCC(C3)C12. The molecular formula is C14H24N2O. The number of nitrogens with one attached hydrogen (secondary N) is 1. The number of nitrogens with two attached hydrogens (primary N) is 1. The van der Waals surface area contributed by atoms with Crippen molar-refractivity contribution in [1.82, 2.24) is 5.32 Å². The van der Waals surface area contributed by atoms with Crippen LogP contribution in [0.2, 0.25) is 0 Å². The van der Waals surface area contributed by atoms with Crippen molar-refractivity contribution in [1.29, 1.82) is 0 Å². The second-order valence-electron chi connectivity index (χ2n) is 6.67. The molecule has 3 fully saturated rings. The van der Waals surface area contributed by atoms with Gasteiger partial charge in [-0.1, -0.05) is 13.8 Å². The van der Waals surface area contributed by atoms with Crippen LogP contribution in [-0.2, 0) is 4.79 Å². The number of fused-ring (bicyclic) bond motifs is 5. The van der Waals surface area contributed by atoms with Gasteiger partial charge < -0.3 is 11.1 Å². The Kier molecular flexibility index (Phi) is 2.69. The number of carbonyl (C=O) groups excluding carboxylic acids is 1. The maximum atomic E-state index is 12.1. The van der Waals surface area contributed by atoms with E-state index in [1.807, 2.05) is 0 Å². The second kappa shape index (κ2) is 3.98. The first-order valence-electron chi connectivity index (χ1n) is 7.13. The van der Waals surface area contributed by atoms with E-state index in [-0.39, 0.29) is 11.9 Å². The molecule has 3 aliphatic rings. The van der Waals surface area contributed by atoms with Crippen LogP contribution in [0.1, 0.15) is 33.1 Å². The summed E-state index contributed by atoms with van der Waals surface area (Å²) in [5, 5.41) is 3.06. The summed E-state index contributed by atoms with van der Waals surface area (Å²) in [6.07, 6.45) is 4.16. The Morgan fingerprint density at radius 1 is 1.29 bits per heavy atom. The first kappa shape index (κ1) is 11.5. The average molecular weight is 236 g/mol. The minimum absolute atomic E-state index is 0.0919. The van der Waals surface area contributed by atoms with E-state index in [4.69, 9.17) is 5.73 Å². The molecule has 0 aromatic rings. The van der Waals surface area contributed by atoms with E-state index < -0.39 is 0 Å². The molecular weight excluding hydrogens is 212 g/mol. The fraction of sp³-hybridized carbons (Fsp3) is 0.929. The molecule has 5 unspecified atom stereocenters. The normalized spacial score (nSPS) is 43.6. The summed E-state index contributed by atoms with van der Waals surface area (Å²) in [4.78, 5) is 12.1. The van der Waals surface area contributed by atoms with Gasteiger partial charge in [-0.3, -0.25) is 4.79 Å². The lowest BCUT2D eigenvalue weighted by Gasteiger charge is -2.17. The van der Waals surface area contributed by atoms with Crippen LogP contribution in [0.15, 0.2) is 0 Å². The number of carbonyl (C=O) groups is 1. The minimum Gasteiger partial charge on any atom is -0.354 e. The smallest absolute Gasteiger partial charge is 0.223 e. The van der Waals surface area contributed by atoms with Crippen molar-refractivity contribution in [3.8, 4) is 0 Å². The summed E-state index contributed by atoms with van der Waals surface area (Å²) in [5.41, 5.74) is 5.95. The summed E-state index contributed by atoms with van der Waals surface area (Å²) < 4.78 is 0. The Balaban J connectivity index is 1.49. The zero-order chi connectivity index (χ0) is 12.2. The van der Waals surface area contributed by atoms with Crippen LogP contribution >= 0.6 is 0 Å². The van der Waals surface area contributed by atoms with Crippen molar-refractivity contribution in [2.75, 3.05) is 6.54 Å². The molecule has 3 rings (SSSR count). The fourth-order valence-corrected chi connectivity index (χ4v) is 4.25. The lowest BCUT2D eigenvalue weighted by Crippen LogP contribution is -2.41. The van der Waals surface area contributed by atoms with Crippen LogP contribution in [0.25, 0.3) is 0 Å². The molecule has 3 nitrogen and oxygen atoms in total. The third-order valence-electron chi connectivity index (χ3n) is 5.41. The highest BCUT2D eigenvalue weighted by Gasteiger charge is 2.67. The van der Waals surface area contributed by atoms with Gasteiger partial charge in [-0.25, -0.2) is 0 Å². The maximum Gasteiger partial charge on any atom is 0.223 e. The topological polar surface area (TPSA) is 55.1 Å². The highest BCUT2D eigenvalue weighted by molar-refractivity contribution is 5.82. The number of amides is 1. The number of rotatable bonds is 4. The third kappa shape index (κ3) is 1.79. The molecule has 0 aliphatic heterocycles. The van der Waals surface area contributed by atoms with Gasteiger partial charge in [0.2, 0.25) is 5.91 Å². The van der Waals surface area contributed by atoms with Crippen molar-refractivity contribution in [3.05, 3.63) is 0 Å². The zero-order valence-electron chi connectivity index (χ0n) is 10.9. The molecule has 3 N–H and O–H groups in total. The van der Waals surface area contributed by atoms with E-state index in [1.165, 1.54) is 19.3 Å². The molecule has 3 heteroatoms. The van der Waals surface area contributed by atoms with Crippen molar-refractivity contribution in [2.45, 2.75) is 39.2 Å². The molecule has 0 heterocycles.